The maximum atomic E-state index is 11.7. The zero-order valence-corrected chi connectivity index (χ0v) is 16.6. The highest BCUT2D eigenvalue weighted by molar-refractivity contribution is 5.89. The molecule has 0 atom stereocenters. The molecule has 1 aliphatic heterocycles. The highest BCUT2D eigenvalue weighted by Crippen LogP contribution is 2.24. The number of carbonyl (C=O) groups excluding carboxylic acids is 1. The molecule has 0 amide bonds. The van der Waals surface area contributed by atoms with Crippen LogP contribution in [0.2, 0.25) is 0 Å². The molecule has 0 radical (unpaired) electrons. The van der Waals surface area contributed by atoms with Gasteiger partial charge in [0.1, 0.15) is 11.3 Å². The molecule has 1 fully saturated rings. The lowest BCUT2D eigenvalue weighted by atomic mass is 10.2. The Balaban J connectivity index is 1.36. The minimum atomic E-state index is -0.377. The van der Waals surface area contributed by atoms with Gasteiger partial charge in [0.2, 0.25) is 0 Å². The van der Waals surface area contributed by atoms with E-state index in [0.29, 0.717) is 12.1 Å². The molecular formula is C21H21N7O2. The molecule has 0 aromatic carbocycles. The fourth-order valence-corrected chi connectivity index (χ4v) is 3.75. The molecule has 0 unspecified atom stereocenters. The van der Waals surface area contributed by atoms with Gasteiger partial charge in [-0.15, -0.1) is 5.10 Å². The van der Waals surface area contributed by atoms with E-state index in [0.717, 1.165) is 41.4 Å². The predicted octanol–water partition coefficient (Wildman–Crippen LogP) is 2.42. The van der Waals surface area contributed by atoms with Crippen LogP contribution in [0.4, 0.5) is 5.69 Å². The molecule has 30 heavy (non-hydrogen) atoms. The lowest BCUT2D eigenvalue weighted by molar-refractivity contribution is 0.0600. The van der Waals surface area contributed by atoms with Crippen molar-refractivity contribution in [1.29, 1.82) is 0 Å². The van der Waals surface area contributed by atoms with E-state index in [1.165, 1.54) is 20.0 Å². The first kappa shape index (κ1) is 18.3. The lowest BCUT2D eigenvalue weighted by Gasteiger charge is -2.17. The molecule has 0 N–H and O–H groups in total. The number of nitrogens with zero attached hydrogens (tertiary/aromatic N) is 7. The zero-order valence-electron chi connectivity index (χ0n) is 16.6. The number of hydrogen-bond acceptors (Lipinski definition) is 7. The number of fused-ring (bicyclic) bond motifs is 1. The summed E-state index contributed by atoms with van der Waals surface area (Å²) in [7, 11) is 1.37. The van der Waals surface area contributed by atoms with Gasteiger partial charge < -0.3 is 14.0 Å². The number of rotatable bonds is 5. The molecule has 9 nitrogen and oxygen atoms in total. The standard InChI is InChI=1S/C21H21N7O2/c1-30-21(29)15-4-5-20-23-17(12-27(20)11-15)13-28-14-19(24-25-28)16-8-18(10-22-9-16)26-6-2-3-7-26/h4-5,8-12,14H,2-3,6-7,13H2,1H3. The summed E-state index contributed by atoms with van der Waals surface area (Å²) in [6.45, 7) is 2.62. The summed E-state index contributed by atoms with van der Waals surface area (Å²) in [5, 5.41) is 8.56. The van der Waals surface area contributed by atoms with Crippen LogP contribution in [0.15, 0.2) is 49.2 Å². The number of methoxy groups -OCH3 is 1. The number of hydrogen-bond donors (Lipinski definition) is 0. The van der Waals surface area contributed by atoms with Crippen LogP contribution in [-0.2, 0) is 11.3 Å². The van der Waals surface area contributed by atoms with Crippen molar-refractivity contribution in [2.45, 2.75) is 19.4 Å². The lowest BCUT2D eigenvalue weighted by Crippen LogP contribution is -2.17. The van der Waals surface area contributed by atoms with Crippen LogP contribution in [-0.4, -0.2) is 55.5 Å². The molecule has 1 aliphatic rings. The van der Waals surface area contributed by atoms with Crippen LogP contribution in [0.1, 0.15) is 28.9 Å². The Morgan fingerprint density at radius 1 is 1.13 bits per heavy atom. The third kappa shape index (κ3) is 3.49. The molecule has 5 heterocycles. The highest BCUT2D eigenvalue weighted by atomic mass is 16.5. The number of pyridine rings is 2. The van der Waals surface area contributed by atoms with Crippen LogP contribution in [0.25, 0.3) is 16.9 Å². The van der Waals surface area contributed by atoms with Crippen molar-refractivity contribution in [2.75, 3.05) is 25.1 Å². The second-order valence-corrected chi connectivity index (χ2v) is 7.33. The molecule has 0 aliphatic carbocycles. The fourth-order valence-electron chi connectivity index (χ4n) is 3.75. The second kappa shape index (κ2) is 7.58. The van der Waals surface area contributed by atoms with Crippen molar-refractivity contribution in [3.8, 4) is 11.3 Å². The predicted molar refractivity (Wildman–Crippen MR) is 110 cm³/mol. The molecule has 0 bridgehead atoms. The number of esters is 1. The van der Waals surface area contributed by atoms with E-state index in [2.05, 4.69) is 31.2 Å². The van der Waals surface area contributed by atoms with Gasteiger partial charge in [0.05, 0.1) is 43.0 Å². The first-order valence-corrected chi connectivity index (χ1v) is 9.86. The Kier molecular flexibility index (Phi) is 4.62. The van der Waals surface area contributed by atoms with E-state index in [9.17, 15) is 4.79 Å². The Morgan fingerprint density at radius 3 is 2.83 bits per heavy atom. The number of aromatic nitrogens is 6. The second-order valence-electron chi connectivity index (χ2n) is 7.33. The first-order chi connectivity index (χ1) is 14.7. The average Bonchev–Trinajstić information content (AvgIpc) is 3.53. The van der Waals surface area contributed by atoms with Gasteiger partial charge in [0, 0.05) is 37.2 Å². The van der Waals surface area contributed by atoms with Crippen LogP contribution in [0, 0.1) is 0 Å². The minimum Gasteiger partial charge on any atom is -0.465 e. The Labute approximate surface area is 172 Å². The average molecular weight is 403 g/mol. The van der Waals surface area contributed by atoms with Crippen molar-refractivity contribution in [3.05, 3.63) is 60.4 Å². The highest BCUT2D eigenvalue weighted by Gasteiger charge is 2.15. The van der Waals surface area contributed by atoms with Gasteiger partial charge in [0.25, 0.3) is 0 Å². The molecular weight excluding hydrogens is 382 g/mol. The van der Waals surface area contributed by atoms with Crippen molar-refractivity contribution in [1.82, 2.24) is 29.4 Å². The maximum absolute atomic E-state index is 11.7. The molecule has 4 aromatic rings. The zero-order chi connectivity index (χ0) is 20.5. The molecule has 152 valence electrons. The van der Waals surface area contributed by atoms with Crippen molar-refractivity contribution >= 4 is 17.3 Å². The summed E-state index contributed by atoms with van der Waals surface area (Å²) < 4.78 is 8.33. The number of ether oxygens (including phenoxy) is 1. The Bertz CT molecular complexity index is 1210. The smallest absolute Gasteiger partial charge is 0.339 e. The van der Waals surface area contributed by atoms with Crippen LogP contribution >= 0.6 is 0 Å². The van der Waals surface area contributed by atoms with Crippen LogP contribution in [0.5, 0.6) is 0 Å². The summed E-state index contributed by atoms with van der Waals surface area (Å²) >= 11 is 0. The summed E-state index contributed by atoms with van der Waals surface area (Å²) in [4.78, 5) is 23.0. The van der Waals surface area contributed by atoms with E-state index in [1.807, 2.05) is 29.2 Å². The largest absolute Gasteiger partial charge is 0.465 e. The van der Waals surface area contributed by atoms with Crippen molar-refractivity contribution < 1.29 is 9.53 Å². The van der Waals surface area contributed by atoms with Gasteiger partial charge in [-0.1, -0.05) is 5.21 Å². The summed E-state index contributed by atoms with van der Waals surface area (Å²) in [6, 6.07) is 5.61. The van der Waals surface area contributed by atoms with Crippen molar-refractivity contribution in [2.24, 2.45) is 0 Å². The van der Waals surface area contributed by atoms with Gasteiger partial charge in [-0.05, 0) is 31.0 Å². The molecule has 4 aromatic heterocycles. The van der Waals surface area contributed by atoms with E-state index in [4.69, 9.17) is 4.74 Å². The van der Waals surface area contributed by atoms with Gasteiger partial charge in [0.15, 0.2) is 0 Å². The number of carbonyl (C=O) groups is 1. The third-order valence-electron chi connectivity index (χ3n) is 5.28. The molecule has 0 spiro atoms. The van der Waals surface area contributed by atoms with Gasteiger partial charge >= 0.3 is 5.97 Å². The van der Waals surface area contributed by atoms with Gasteiger partial charge in [-0.3, -0.25) is 4.98 Å². The summed E-state index contributed by atoms with van der Waals surface area (Å²) in [5.41, 5.74) is 4.89. The van der Waals surface area contributed by atoms with Gasteiger partial charge in [-0.25, -0.2) is 14.5 Å². The summed E-state index contributed by atoms with van der Waals surface area (Å²) in [6.07, 6.45) is 11.6. The molecule has 0 saturated carbocycles. The fraction of sp³-hybridized carbons (Fsp3) is 0.286. The number of anilines is 1. The quantitative estimate of drug-likeness (QED) is 0.473. The monoisotopic (exact) mass is 403 g/mol. The van der Waals surface area contributed by atoms with E-state index in [1.54, 1.807) is 23.0 Å². The van der Waals surface area contributed by atoms with E-state index in [-0.39, 0.29) is 5.97 Å². The maximum Gasteiger partial charge on any atom is 0.339 e. The van der Waals surface area contributed by atoms with Crippen molar-refractivity contribution in [3.63, 3.8) is 0 Å². The number of imidazole rings is 1. The Hall–Kier alpha value is -3.75. The van der Waals surface area contributed by atoms with E-state index >= 15 is 0 Å². The van der Waals surface area contributed by atoms with Gasteiger partial charge in [-0.2, -0.15) is 0 Å². The summed E-state index contributed by atoms with van der Waals surface area (Å²) in [5.74, 6) is -0.377. The Morgan fingerprint density at radius 2 is 2.00 bits per heavy atom. The van der Waals surface area contributed by atoms with Crippen LogP contribution < -0.4 is 4.90 Å². The first-order valence-electron chi connectivity index (χ1n) is 9.86. The SMILES string of the molecule is COC(=O)c1ccc2nc(Cn3cc(-c4cncc(N5CCCC5)c4)nn3)cn2c1. The molecule has 1 saturated heterocycles. The minimum absolute atomic E-state index is 0.377. The topological polar surface area (TPSA) is 90.4 Å². The van der Waals surface area contributed by atoms with Crippen LogP contribution in [0.3, 0.4) is 0 Å². The normalized spacial score (nSPS) is 13.8. The molecule has 5 rings (SSSR count). The van der Waals surface area contributed by atoms with E-state index < -0.39 is 0 Å². The third-order valence-corrected chi connectivity index (χ3v) is 5.28. The molecule has 9 heteroatoms.